The fourth-order valence-corrected chi connectivity index (χ4v) is 3.98. The Labute approximate surface area is 152 Å². The van der Waals surface area contributed by atoms with Crippen molar-refractivity contribution in [3.8, 4) is 11.3 Å². The third-order valence-electron chi connectivity index (χ3n) is 5.36. The molecular formula is C19H24N4O3. The highest BCUT2D eigenvalue weighted by Gasteiger charge is 2.49. The third kappa shape index (κ3) is 3.50. The Hall–Kier alpha value is -2.25. The first-order valence-electron chi connectivity index (χ1n) is 9.11. The molecule has 0 bridgehead atoms. The zero-order chi connectivity index (χ0) is 18.0. The van der Waals surface area contributed by atoms with E-state index in [-0.39, 0.29) is 17.5 Å². The Morgan fingerprint density at radius 2 is 2.08 bits per heavy atom. The van der Waals surface area contributed by atoms with Gasteiger partial charge in [-0.3, -0.25) is 14.7 Å². The van der Waals surface area contributed by atoms with E-state index in [1.807, 2.05) is 25.2 Å². The Kier molecular flexibility index (Phi) is 4.74. The van der Waals surface area contributed by atoms with Crippen LogP contribution in [-0.2, 0) is 16.1 Å². The van der Waals surface area contributed by atoms with Gasteiger partial charge in [0.25, 0.3) is 0 Å². The van der Waals surface area contributed by atoms with Gasteiger partial charge in [-0.1, -0.05) is 5.16 Å². The lowest BCUT2D eigenvalue weighted by atomic mass is 9.76. The van der Waals surface area contributed by atoms with Crippen molar-refractivity contribution in [2.45, 2.75) is 31.9 Å². The summed E-state index contributed by atoms with van der Waals surface area (Å²) < 4.78 is 11.1. The number of likely N-dealkylation sites (N-methyl/N-ethyl adjacent to an activating group) is 1. The van der Waals surface area contributed by atoms with Gasteiger partial charge >= 0.3 is 5.97 Å². The second kappa shape index (κ2) is 7.17. The van der Waals surface area contributed by atoms with Crippen LogP contribution in [0.25, 0.3) is 11.3 Å². The summed E-state index contributed by atoms with van der Waals surface area (Å²) in [5, 5.41) is 7.45. The number of pyridine rings is 1. The van der Waals surface area contributed by atoms with E-state index in [9.17, 15) is 4.79 Å². The number of carbonyl (C=O) groups is 1. The van der Waals surface area contributed by atoms with Crippen LogP contribution in [0.15, 0.2) is 35.1 Å². The van der Waals surface area contributed by atoms with Crippen LogP contribution in [-0.4, -0.2) is 53.8 Å². The molecule has 4 rings (SSSR count). The van der Waals surface area contributed by atoms with Gasteiger partial charge in [0.05, 0.1) is 12.0 Å². The van der Waals surface area contributed by atoms with Crippen molar-refractivity contribution in [3.05, 3.63) is 36.4 Å². The highest BCUT2D eigenvalue weighted by molar-refractivity contribution is 5.79. The fourth-order valence-electron chi connectivity index (χ4n) is 3.98. The largest absolute Gasteiger partial charge is 0.461 e. The molecule has 26 heavy (non-hydrogen) atoms. The summed E-state index contributed by atoms with van der Waals surface area (Å²) in [6.45, 7) is 3.12. The van der Waals surface area contributed by atoms with E-state index in [0.717, 1.165) is 49.4 Å². The maximum atomic E-state index is 12.4. The molecule has 2 aromatic heterocycles. The summed E-state index contributed by atoms with van der Waals surface area (Å²) in [5.41, 5.74) is 1.52. The molecule has 2 saturated heterocycles. The topological polar surface area (TPSA) is 80.5 Å². The van der Waals surface area contributed by atoms with Crippen LogP contribution in [0.2, 0.25) is 0 Å². The number of cyclic esters (lactones) is 1. The third-order valence-corrected chi connectivity index (χ3v) is 5.36. The molecule has 1 spiro atoms. The number of nitrogens with zero attached hydrogens (tertiary/aromatic N) is 3. The molecule has 1 N–H and O–H groups in total. The van der Waals surface area contributed by atoms with Gasteiger partial charge in [-0.05, 0) is 45.1 Å². The van der Waals surface area contributed by atoms with Gasteiger partial charge in [-0.2, -0.15) is 0 Å². The number of hydrogen-bond donors (Lipinski definition) is 1. The summed E-state index contributed by atoms with van der Waals surface area (Å²) in [4.78, 5) is 18.5. The summed E-state index contributed by atoms with van der Waals surface area (Å²) in [7, 11) is 2.01. The van der Waals surface area contributed by atoms with Gasteiger partial charge in [0, 0.05) is 37.0 Å². The first kappa shape index (κ1) is 17.2. The minimum atomic E-state index is -0.266. The molecule has 0 saturated carbocycles. The van der Waals surface area contributed by atoms with Crippen LogP contribution in [0.5, 0.6) is 0 Å². The lowest BCUT2D eigenvalue weighted by Crippen LogP contribution is -2.39. The van der Waals surface area contributed by atoms with Gasteiger partial charge in [-0.15, -0.1) is 0 Å². The predicted molar refractivity (Wildman–Crippen MR) is 95.1 cm³/mol. The van der Waals surface area contributed by atoms with E-state index in [1.54, 1.807) is 12.4 Å². The van der Waals surface area contributed by atoms with E-state index in [1.165, 1.54) is 0 Å². The normalized spacial score (nSPS) is 22.1. The molecule has 138 valence electrons. The molecule has 7 nitrogen and oxygen atoms in total. The molecule has 2 aliphatic rings. The van der Waals surface area contributed by atoms with Gasteiger partial charge < -0.3 is 14.6 Å². The highest BCUT2D eigenvalue weighted by atomic mass is 16.6. The molecular weight excluding hydrogens is 332 g/mol. The second-order valence-electron chi connectivity index (χ2n) is 7.37. The summed E-state index contributed by atoms with van der Waals surface area (Å²) in [5.74, 6) is 0.775. The van der Waals surface area contributed by atoms with Crippen LogP contribution >= 0.6 is 0 Å². The SMILES string of the molecule is CN(Cc1cc(-c2ccncc2)no1)CC1CC2(CCNCC2)C(=O)O1. The van der Waals surface area contributed by atoms with Gasteiger partial charge in [0.15, 0.2) is 5.76 Å². The van der Waals surface area contributed by atoms with Crippen molar-refractivity contribution in [1.82, 2.24) is 20.4 Å². The van der Waals surface area contributed by atoms with E-state index >= 15 is 0 Å². The van der Waals surface area contributed by atoms with Gasteiger partial charge in [0.1, 0.15) is 11.8 Å². The van der Waals surface area contributed by atoms with E-state index in [4.69, 9.17) is 9.26 Å². The number of rotatable bonds is 5. The van der Waals surface area contributed by atoms with Crippen LogP contribution in [0.4, 0.5) is 0 Å². The fraction of sp³-hybridized carbons (Fsp3) is 0.526. The van der Waals surface area contributed by atoms with Crippen molar-refractivity contribution >= 4 is 5.97 Å². The summed E-state index contributed by atoms with van der Waals surface area (Å²) >= 11 is 0. The molecule has 0 radical (unpaired) electrons. The Balaban J connectivity index is 1.34. The first-order chi connectivity index (χ1) is 12.6. The number of aromatic nitrogens is 2. The Bertz CT molecular complexity index is 755. The van der Waals surface area contributed by atoms with Crippen LogP contribution in [0.3, 0.4) is 0 Å². The number of nitrogens with one attached hydrogen (secondary N) is 1. The van der Waals surface area contributed by atoms with Crippen molar-refractivity contribution < 1.29 is 14.1 Å². The Morgan fingerprint density at radius 1 is 1.31 bits per heavy atom. The van der Waals surface area contributed by atoms with Crippen molar-refractivity contribution in [3.63, 3.8) is 0 Å². The van der Waals surface area contributed by atoms with Gasteiger partial charge in [-0.25, -0.2) is 0 Å². The average Bonchev–Trinajstić information content (AvgIpc) is 3.22. The molecule has 0 aromatic carbocycles. The minimum absolute atomic E-state index is 0.0166. The second-order valence-corrected chi connectivity index (χ2v) is 7.37. The van der Waals surface area contributed by atoms with Crippen LogP contribution < -0.4 is 5.32 Å². The molecule has 0 amide bonds. The lowest BCUT2D eigenvalue weighted by Gasteiger charge is -2.29. The number of esters is 1. The first-order valence-corrected chi connectivity index (χ1v) is 9.11. The molecule has 1 atom stereocenters. The van der Waals surface area contributed by atoms with E-state index < -0.39 is 0 Å². The van der Waals surface area contributed by atoms with Crippen molar-refractivity contribution in [2.75, 3.05) is 26.7 Å². The van der Waals surface area contributed by atoms with E-state index in [2.05, 4.69) is 20.4 Å². The van der Waals surface area contributed by atoms with E-state index in [0.29, 0.717) is 13.1 Å². The minimum Gasteiger partial charge on any atom is -0.461 e. The zero-order valence-electron chi connectivity index (χ0n) is 15.0. The lowest BCUT2D eigenvalue weighted by molar-refractivity contribution is -0.150. The number of piperidine rings is 1. The summed E-state index contributed by atoms with van der Waals surface area (Å²) in [6.07, 6.45) is 6.00. The zero-order valence-corrected chi connectivity index (χ0v) is 15.0. The smallest absolute Gasteiger partial charge is 0.312 e. The highest BCUT2D eigenvalue weighted by Crippen LogP contribution is 2.41. The standard InChI is InChI=1S/C19H24N4O3/c1-23(12-15-10-17(22-26-15)14-2-6-20-7-3-14)13-16-11-19(18(24)25-16)4-8-21-9-5-19/h2-3,6-7,10,16,21H,4-5,8-9,11-13H2,1H3. The number of hydrogen-bond acceptors (Lipinski definition) is 7. The van der Waals surface area contributed by atoms with Crippen molar-refractivity contribution in [2.24, 2.45) is 5.41 Å². The number of carbonyl (C=O) groups excluding carboxylic acids is 1. The summed E-state index contributed by atoms with van der Waals surface area (Å²) in [6, 6.07) is 5.75. The molecule has 0 aliphatic carbocycles. The molecule has 1 unspecified atom stereocenters. The monoisotopic (exact) mass is 356 g/mol. The van der Waals surface area contributed by atoms with Crippen LogP contribution in [0, 0.1) is 5.41 Å². The Morgan fingerprint density at radius 3 is 2.85 bits per heavy atom. The van der Waals surface area contributed by atoms with Crippen molar-refractivity contribution in [1.29, 1.82) is 0 Å². The molecule has 2 aliphatic heterocycles. The predicted octanol–water partition coefficient (Wildman–Crippen LogP) is 1.85. The van der Waals surface area contributed by atoms with Gasteiger partial charge in [0.2, 0.25) is 0 Å². The number of ether oxygens (including phenoxy) is 1. The average molecular weight is 356 g/mol. The maximum Gasteiger partial charge on any atom is 0.312 e. The molecule has 4 heterocycles. The quantitative estimate of drug-likeness (QED) is 0.819. The maximum absolute atomic E-state index is 12.4. The molecule has 2 aromatic rings. The molecule has 2 fully saturated rings. The van der Waals surface area contributed by atoms with Crippen LogP contribution in [0.1, 0.15) is 25.0 Å². The molecule has 7 heteroatoms.